The van der Waals surface area contributed by atoms with Crippen molar-refractivity contribution in [2.24, 2.45) is 23.5 Å². The summed E-state index contributed by atoms with van der Waals surface area (Å²) in [6.07, 6.45) is 1.26. The Labute approximate surface area is 446 Å². The number of aliphatic hydroxyl groups is 1. The molecule has 1 aromatic carbocycles. The minimum atomic E-state index is -1.57. The van der Waals surface area contributed by atoms with Crippen LogP contribution in [0.5, 0.6) is 0 Å². The minimum Gasteiger partial charge on any atom is -0.391 e. The average molecular weight is 1060 g/mol. The molecule has 1 aliphatic heterocycles. The van der Waals surface area contributed by atoms with E-state index in [2.05, 4.69) is 16.0 Å². The van der Waals surface area contributed by atoms with E-state index in [1.54, 1.807) is 35.2 Å². The van der Waals surface area contributed by atoms with E-state index in [1.165, 1.54) is 68.6 Å². The number of ketones is 1. The van der Waals surface area contributed by atoms with Gasteiger partial charge in [-0.2, -0.15) is 0 Å². The zero-order chi connectivity index (χ0) is 57.2. The molecule has 0 saturated carbocycles. The van der Waals surface area contributed by atoms with Crippen molar-refractivity contribution in [1.82, 2.24) is 40.4 Å². The first-order valence-electron chi connectivity index (χ1n) is 26.7. The van der Waals surface area contributed by atoms with Crippen LogP contribution in [0.1, 0.15) is 134 Å². The molecule has 0 spiro atoms. The number of carbonyl (C=O) groups is 9. The smallest absolute Gasteiger partial charge is 0.246 e. The number of hydrogen-bond acceptors (Lipinski definition) is 12. The number of nitrogens with zero attached hydrogens (tertiary/aromatic N) is 5. The molecule has 0 radical (unpaired) electrons. The molecule has 75 heavy (non-hydrogen) atoms. The van der Waals surface area contributed by atoms with Crippen molar-refractivity contribution in [3.05, 3.63) is 35.9 Å². The molecule has 1 saturated heterocycles. The van der Waals surface area contributed by atoms with Crippen molar-refractivity contribution < 1.29 is 53.0 Å². The van der Waals surface area contributed by atoms with Crippen molar-refractivity contribution in [3.63, 3.8) is 0 Å². The van der Waals surface area contributed by atoms with Crippen LogP contribution < -0.4 is 21.7 Å². The molecular formula is C55H93N9O11. The molecule has 1 aliphatic rings. The molecular weight excluding hydrogens is 963 g/mol. The van der Waals surface area contributed by atoms with Crippen LogP contribution in [0.25, 0.3) is 0 Å². The van der Waals surface area contributed by atoms with Crippen molar-refractivity contribution in [1.29, 1.82) is 0 Å². The fourth-order valence-corrected chi connectivity index (χ4v) is 8.93. The van der Waals surface area contributed by atoms with E-state index in [9.17, 15) is 48.3 Å². The zero-order valence-corrected chi connectivity index (χ0v) is 47.9. The van der Waals surface area contributed by atoms with Crippen molar-refractivity contribution in [3.8, 4) is 0 Å². The van der Waals surface area contributed by atoms with Gasteiger partial charge < -0.3 is 56.0 Å². The molecule has 20 nitrogen and oxygen atoms in total. The van der Waals surface area contributed by atoms with E-state index in [4.69, 9.17) is 10.5 Å². The number of rotatable bonds is 28. The van der Waals surface area contributed by atoms with Gasteiger partial charge in [-0.15, -0.1) is 0 Å². The van der Waals surface area contributed by atoms with Crippen LogP contribution >= 0.6 is 0 Å². The second-order valence-corrected chi connectivity index (χ2v) is 22.7. The van der Waals surface area contributed by atoms with E-state index in [0.717, 1.165) is 19.3 Å². The summed E-state index contributed by atoms with van der Waals surface area (Å²) in [5.74, 6) is -5.49. The van der Waals surface area contributed by atoms with Gasteiger partial charge in [-0.1, -0.05) is 71.9 Å². The van der Waals surface area contributed by atoms with Crippen LogP contribution in [-0.4, -0.2) is 191 Å². The highest BCUT2D eigenvalue weighted by molar-refractivity contribution is 5.98. The number of likely N-dealkylation sites (tertiary alicyclic amines) is 1. The number of hydrogen-bond donors (Lipinski definition) is 5. The number of aliphatic hydroxyl groups excluding tert-OH is 1. The Morgan fingerprint density at radius 1 is 0.640 bits per heavy atom. The van der Waals surface area contributed by atoms with Gasteiger partial charge in [0.1, 0.15) is 42.3 Å². The Morgan fingerprint density at radius 3 is 1.65 bits per heavy atom. The summed E-state index contributed by atoms with van der Waals surface area (Å²) < 4.78 is 5.70. The summed E-state index contributed by atoms with van der Waals surface area (Å²) in [6.45, 7) is 21.8. The third kappa shape index (κ3) is 20.9. The maximum atomic E-state index is 15.0. The van der Waals surface area contributed by atoms with Crippen LogP contribution in [0, 0.1) is 17.8 Å². The lowest BCUT2D eigenvalue weighted by molar-refractivity contribution is -0.152. The first-order valence-corrected chi connectivity index (χ1v) is 26.7. The average Bonchev–Trinajstić information content (AvgIpc) is 3.34. The summed E-state index contributed by atoms with van der Waals surface area (Å²) >= 11 is 0. The highest BCUT2D eigenvalue weighted by atomic mass is 16.5. The van der Waals surface area contributed by atoms with Gasteiger partial charge in [-0.25, -0.2) is 0 Å². The summed E-state index contributed by atoms with van der Waals surface area (Å²) in [4.78, 5) is 133. The highest BCUT2D eigenvalue weighted by Gasteiger charge is 2.41. The number of piperidine rings is 1. The Balaban J connectivity index is 2.47. The van der Waals surface area contributed by atoms with Crippen molar-refractivity contribution in [2.75, 3.05) is 47.9 Å². The number of benzene rings is 1. The molecule has 1 fully saturated rings. The standard InChI is InChI=1S/C55H93N9O11/c1-33(2)27-41(52(72)61(14)43(37(8)65)28-34(3)4)58-50(70)47(38(9)66)59-49(69)44(29-35(5)6)62(15)54(74)45(30-39-23-19-17-20-24-39)63(16)51(71)36(7)60(13)46(67)31-42(53(73)64-25-21-18-22-26-64)57-48(68)40(56)32-75-55(10,11)12/h17,19-20,23-24,33-36,38,40-45,47,66H,18,21-22,25-32,56H2,1-16H3,(H,57,68)(H,58,70)(H,59,69)/t36-,38+,40-,41-,42-,43-,44-,45-,47-/m0/s1. The largest absolute Gasteiger partial charge is 0.391 e. The molecule has 0 unspecified atom stereocenters. The van der Waals surface area contributed by atoms with E-state index in [-0.39, 0.29) is 49.4 Å². The molecule has 424 valence electrons. The predicted molar refractivity (Wildman–Crippen MR) is 287 cm³/mol. The lowest BCUT2D eigenvalue weighted by atomic mass is 9.97. The predicted octanol–water partition coefficient (Wildman–Crippen LogP) is 2.66. The Morgan fingerprint density at radius 2 is 1.15 bits per heavy atom. The van der Waals surface area contributed by atoms with Crippen LogP contribution in [0.3, 0.4) is 0 Å². The molecule has 6 N–H and O–H groups in total. The Kier molecular flexibility index (Phi) is 26.5. The second-order valence-electron chi connectivity index (χ2n) is 22.7. The minimum absolute atomic E-state index is 0.00432. The molecule has 0 bridgehead atoms. The Hall–Kier alpha value is -5.47. The number of ether oxygens (including phenoxy) is 1. The topological polar surface area (TPSA) is 261 Å². The molecule has 20 heteroatoms. The van der Waals surface area contributed by atoms with Crippen LogP contribution in [0.2, 0.25) is 0 Å². The molecule has 0 aromatic heterocycles. The van der Waals surface area contributed by atoms with Crippen molar-refractivity contribution >= 4 is 53.0 Å². The number of Topliss-reactive ketones (excluding diaryl/α,β-unsaturated/α-hetero) is 1. The molecule has 0 aliphatic carbocycles. The van der Waals surface area contributed by atoms with Crippen LogP contribution in [0.15, 0.2) is 30.3 Å². The molecule has 8 amide bonds. The fraction of sp³-hybridized carbons (Fsp3) is 0.727. The SMILES string of the molecule is CC(=O)[C@H](CC(C)C)N(C)C(=O)[C@H](CC(C)C)NC(=O)[C@@H](NC(=O)[C@H](CC(C)C)N(C)C(=O)[C@H](Cc1ccccc1)N(C)C(=O)[C@H](C)N(C)C(=O)C[C@H](NC(=O)[C@@H](N)COC(C)(C)C)C(=O)N1CCCCC1)[C@@H](C)O. The quantitative estimate of drug-likeness (QED) is 0.0812. The first-order chi connectivity index (χ1) is 34.8. The van der Waals surface area contributed by atoms with E-state index < -0.39 is 114 Å². The monoisotopic (exact) mass is 1060 g/mol. The molecule has 9 atom stereocenters. The molecule has 1 heterocycles. The van der Waals surface area contributed by atoms with E-state index in [0.29, 0.717) is 25.1 Å². The summed E-state index contributed by atoms with van der Waals surface area (Å²) in [5.41, 5.74) is 6.26. The third-order valence-electron chi connectivity index (χ3n) is 13.6. The zero-order valence-electron chi connectivity index (χ0n) is 47.9. The van der Waals surface area contributed by atoms with Crippen molar-refractivity contribution in [2.45, 2.75) is 194 Å². The van der Waals surface area contributed by atoms with Gasteiger partial charge in [0, 0.05) is 47.7 Å². The summed E-state index contributed by atoms with van der Waals surface area (Å²) in [7, 11) is 5.77. The van der Waals surface area contributed by atoms with Gasteiger partial charge in [-0.05, 0) is 103 Å². The molecule has 2 rings (SSSR count). The van der Waals surface area contributed by atoms with Gasteiger partial charge in [0.05, 0.1) is 30.8 Å². The Bertz CT molecular complexity index is 2070. The van der Waals surface area contributed by atoms with Gasteiger partial charge in [0.25, 0.3) is 0 Å². The highest BCUT2D eigenvalue weighted by Crippen LogP contribution is 2.21. The number of nitrogens with one attached hydrogen (secondary N) is 3. The maximum Gasteiger partial charge on any atom is 0.246 e. The van der Waals surface area contributed by atoms with Crippen LogP contribution in [-0.2, 0) is 54.3 Å². The second kappa shape index (κ2) is 30.3. The summed E-state index contributed by atoms with van der Waals surface area (Å²) in [5, 5.41) is 19.0. The van der Waals surface area contributed by atoms with Gasteiger partial charge in [0.15, 0.2) is 5.78 Å². The third-order valence-corrected chi connectivity index (χ3v) is 13.6. The number of nitrogens with two attached hydrogens (primary N) is 1. The van der Waals surface area contributed by atoms with E-state index in [1.807, 2.05) is 62.3 Å². The van der Waals surface area contributed by atoms with Gasteiger partial charge in [0.2, 0.25) is 47.3 Å². The fourth-order valence-electron chi connectivity index (χ4n) is 8.93. The normalized spacial score (nSPS) is 16.6. The lowest BCUT2D eigenvalue weighted by Crippen LogP contribution is -2.62. The maximum absolute atomic E-state index is 15.0. The lowest BCUT2D eigenvalue weighted by Gasteiger charge is -2.37. The number of carbonyl (C=O) groups excluding carboxylic acids is 9. The molecule has 1 aromatic rings. The van der Waals surface area contributed by atoms with Crippen LogP contribution in [0.4, 0.5) is 0 Å². The number of amides is 8. The summed E-state index contributed by atoms with van der Waals surface area (Å²) in [6, 6.07) is -0.506. The first kappa shape index (κ1) is 65.6. The van der Waals surface area contributed by atoms with E-state index >= 15 is 0 Å². The van der Waals surface area contributed by atoms with Gasteiger partial charge >= 0.3 is 0 Å². The van der Waals surface area contributed by atoms with Gasteiger partial charge in [-0.3, -0.25) is 43.2 Å². The number of likely N-dealkylation sites (N-methyl/N-ethyl adjacent to an activating group) is 4.